The Morgan fingerprint density at radius 2 is 1.19 bits per heavy atom. The summed E-state index contributed by atoms with van der Waals surface area (Å²) < 4.78 is 9.11. The maximum atomic E-state index is 6.71. The Hall–Kier alpha value is -7.30. The summed E-state index contributed by atoms with van der Waals surface area (Å²) in [4.78, 5) is 10.5. The van der Waals surface area contributed by atoms with Crippen molar-refractivity contribution < 1.29 is 4.42 Å². The number of rotatable bonds is 4. The third-order valence-corrected chi connectivity index (χ3v) is 12.2. The van der Waals surface area contributed by atoms with Crippen molar-refractivity contribution in [2.45, 2.75) is 19.3 Å². The first-order chi connectivity index (χ1) is 28.0. The van der Waals surface area contributed by atoms with Crippen molar-refractivity contribution in [1.82, 2.24) is 14.5 Å². The molecular formula is C53H35N3O. The Bertz CT molecular complexity index is 3420. The summed E-state index contributed by atoms with van der Waals surface area (Å²) in [6, 6.07) is 62.6. The van der Waals surface area contributed by atoms with Crippen molar-refractivity contribution in [1.29, 1.82) is 0 Å². The third kappa shape index (κ3) is 4.62. The minimum atomic E-state index is -0.0727. The number of furan rings is 1. The van der Waals surface area contributed by atoms with Gasteiger partial charge in [-0.15, -0.1) is 0 Å². The van der Waals surface area contributed by atoms with E-state index < -0.39 is 0 Å². The molecule has 1 aliphatic rings. The van der Waals surface area contributed by atoms with Gasteiger partial charge in [0.1, 0.15) is 11.2 Å². The first kappa shape index (κ1) is 32.0. The standard InChI is InChI=1S/C53H35N3O/c1-53(2)41-19-9-6-15-36(41)49-42(53)29-30-45-50(49)38-17-8-11-21-44(38)56(45)35-27-28-39-47(31-35)57-46-22-12-18-40(48(39)46)52-54-43-20-10-7-16-37(43)51(55-52)34-25-23-33(24-26-34)32-13-4-3-5-14-32/h3-31H,1-2H3. The van der Waals surface area contributed by atoms with E-state index in [4.69, 9.17) is 14.4 Å². The van der Waals surface area contributed by atoms with Gasteiger partial charge in [-0.2, -0.15) is 0 Å². The van der Waals surface area contributed by atoms with E-state index in [9.17, 15) is 0 Å². The van der Waals surface area contributed by atoms with Crippen LogP contribution in [0.3, 0.4) is 0 Å². The molecule has 0 bridgehead atoms. The maximum Gasteiger partial charge on any atom is 0.161 e. The van der Waals surface area contributed by atoms with Crippen LogP contribution in [0.25, 0.3) is 105 Å². The van der Waals surface area contributed by atoms with Crippen molar-refractivity contribution in [3.63, 3.8) is 0 Å². The number of hydrogen-bond donors (Lipinski definition) is 0. The van der Waals surface area contributed by atoms with Crippen molar-refractivity contribution in [2.75, 3.05) is 0 Å². The van der Waals surface area contributed by atoms with Crippen LogP contribution in [0.5, 0.6) is 0 Å². The molecule has 0 unspecified atom stereocenters. The molecule has 3 aromatic heterocycles. The van der Waals surface area contributed by atoms with E-state index in [2.05, 4.69) is 170 Å². The molecule has 0 N–H and O–H groups in total. The first-order valence-electron chi connectivity index (χ1n) is 19.6. The molecule has 0 fully saturated rings. The SMILES string of the molecule is CC1(C)c2ccccc2-c2c1ccc1c2c2ccccc2n1-c1ccc2c(c1)oc1cccc(-c3nc(-c4ccc(-c5ccccc5)cc4)c4ccccc4n3)c12. The lowest BCUT2D eigenvalue weighted by atomic mass is 9.82. The van der Waals surface area contributed by atoms with Crippen LogP contribution in [-0.4, -0.2) is 14.5 Å². The fraction of sp³-hybridized carbons (Fsp3) is 0.0566. The van der Waals surface area contributed by atoms with Crippen molar-refractivity contribution >= 4 is 54.6 Å². The van der Waals surface area contributed by atoms with Gasteiger partial charge in [0, 0.05) is 55.2 Å². The number of fused-ring (bicyclic) bond motifs is 11. The van der Waals surface area contributed by atoms with Gasteiger partial charge in [0.05, 0.1) is 22.2 Å². The largest absolute Gasteiger partial charge is 0.456 e. The fourth-order valence-corrected chi connectivity index (χ4v) is 9.54. The molecule has 0 spiro atoms. The van der Waals surface area contributed by atoms with E-state index in [1.165, 1.54) is 55.2 Å². The lowest BCUT2D eigenvalue weighted by molar-refractivity contribution is 0.661. The number of benzene rings is 8. The Kier molecular flexibility index (Phi) is 6.65. The Labute approximate surface area is 329 Å². The van der Waals surface area contributed by atoms with E-state index in [0.717, 1.165) is 55.3 Å². The van der Waals surface area contributed by atoms with Crippen LogP contribution < -0.4 is 0 Å². The Morgan fingerprint density at radius 3 is 2.07 bits per heavy atom. The number of hydrogen-bond acceptors (Lipinski definition) is 3. The van der Waals surface area contributed by atoms with Gasteiger partial charge in [0.15, 0.2) is 5.82 Å². The Balaban J connectivity index is 1.03. The number of aromatic nitrogens is 3. The average Bonchev–Trinajstić information content (AvgIpc) is 3.88. The lowest BCUT2D eigenvalue weighted by Crippen LogP contribution is -2.14. The number of para-hydroxylation sites is 2. The normalized spacial score (nSPS) is 13.2. The van der Waals surface area contributed by atoms with Gasteiger partial charge in [-0.25, -0.2) is 9.97 Å². The highest BCUT2D eigenvalue weighted by atomic mass is 16.3. The van der Waals surface area contributed by atoms with E-state index in [-0.39, 0.29) is 5.41 Å². The predicted octanol–water partition coefficient (Wildman–Crippen LogP) is 13.9. The van der Waals surface area contributed by atoms with Gasteiger partial charge >= 0.3 is 0 Å². The van der Waals surface area contributed by atoms with Crippen LogP contribution >= 0.6 is 0 Å². The molecule has 3 heterocycles. The zero-order chi connectivity index (χ0) is 37.8. The predicted molar refractivity (Wildman–Crippen MR) is 235 cm³/mol. The lowest BCUT2D eigenvalue weighted by Gasteiger charge is -2.21. The highest BCUT2D eigenvalue weighted by Gasteiger charge is 2.37. The molecule has 0 saturated heterocycles. The molecule has 12 rings (SSSR count). The molecule has 4 nitrogen and oxygen atoms in total. The topological polar surface area (TPSA) is 43.9 Å². The van der Waals surface area contributed by atoms with Crippen LogP contribution in [0.15, 0.2) is 180 Å². The van der Waals surface area contributed by atoms with E-state index in [0.29, 0.717) is 5.82 Å². The average molecular weight is 730 g/mol. The first-order valence-corrected chi connectivity index (χ1v) is 19.6. The molecule has 0 amide bonds. The van der Waals surface area contributed by atoms with Gasteiger partial charge in [-0.3, -0.25) is 0 Å². The molecule has 0 atom stereocenters. The fourth-order valence-electron chi connectivity index (χ4n) is 9.54. The van der Waals surface area contributed by atoms with Crippen LogP contribution in [0.4, 0.5) is 0 Å². The van der Waals surface area contributed by atoms with Gasteiger partial charge in [-0.05, 0) is 69.8 Å². The van der Waals surface area contributed by atoms with E-state index >= 15 is 0 Å². The summed E-state index contributed by atoms with van der Waals surface area (Å²) in [5, 5.41) is 5.62. The molecule has 11 aromatic rings. The second-order valence-corrected chi connectivity index (χ2v) is 15.7. The maximum absolute atomic E-state index is 6.71. The minimum Gasteiger partial charge on any atom is -0.456 e. The second-order valence-electron chi connectivity index (χ2n) is 15.7. The van der Waals surface area contributed by atoms with E-state index in [1.54, 1.807) is 0 Å². The molecule has 8 aromatic carbocycles. The van der Waals surface area contributed by atoms with Gasteiger partial charge in [-0.1, -0.05) is 147 Å². The molecule has 0 aliphatic heterocycles. The molecule has 268 valence electrons. The molecule has 0 radical (unpaired) electrons. The smallest absolute Gasteiger partial charge is 0.161 e. The molecule has 4 heteroatoms. The summed E-state index contributed by atoms with van der Waals surface area (Å²) in [5.74, 6) is 0.674. The summed E-state index contributed by atoms with van der Waals surface area (Å²) in [7, 11) is 0. The highest BCUT2D eigenvalue weighted by Crippen LogP contribution is 2.53. The second kappa shape index (κ2) is 11.8. The minimum absolute atomic E-state index is 0.0727. The monoisotopic (exact) mass is 729 g/mol. The zero-order valence-electron chi connectivity index (χ0n) is 31.5. The molecular weight excluding hydrogens is 695 g/mol. The van der Waals surface area contributed by atoms with Crippen molar-refractivity contribution in [3.05, 3.63) is 187 Å². The van der Waals surface area contributed by atoms with Crippen LogP contribution in [0.2, 0.25) is 0 Å². The quantitative estimate of drug-likeness (QED) is 0.181. The summed E-state index contributed by atoms with van der Waals surface area (Å²) in [5.41, 5.74) is 16.6. The van der Waals surface area contributed by atoms with E-state index in [1.807, 2.05) is 24.3 Å². The molecule has 57 heavy (non-hydrogen) atoms. The molecule has 0 saturated carbocycles. The highest BCUT2D eigenvalue weighted by molar-refractivity contribution is 6.18. The van der Waals surface area contributed by atoms with Gasteiger partial charge in [0.2, 0.25) is 0 Å². The molecule has 1 aliphatic carbocycles. The van der Waals surface area contributed by atoms with Gasteiger partial charge in [0.25, 0.3) is 0 Å². The van der Waals surface area contributed by atoms with Crippen LogP contribution in [0, 0.1) is 0 Å². The summed E-state index contributed by atoms with van der Waals surface area (Å²) >= 11 is 0. The van der Waals surface area contributed by atoms with Gasteiger partial charge < -0.3 is 8.98 Å². The summed E-state index contributed by atoms with van der Waals surface area (Å²) in [6.45, 7) is 4.69. The van der Waals surface area contributed by atoms with Crippen LogP contribution in [0.1, 0.15) is 25.0 Å². The summed E-state index contributed by atoms with van der Waals surface area (Å²) in [6.07, 6.45) is 0. The zero-order valence-corrected chi connectivity index (χ0v) is 31.5. The number of nitrogens with zero attached hydrogens (tertiary/aromatic N) is 3. The Morgan fingerprint density at radius 1 is 0.474 bits per heavy atom. The van der Waals surface area contributed by atoms with Crippen molar-refractivity contribution in [2.24, 2.45) is 0 Å². The third-order valence-electron chi connectivity index (χ3n) is 12.2. The van der Waals surface area contributed by atoms with Crippen molar-refractivity contribution in [3.8, 4) is 50.6 Å². The van der Waals surface area contributed by atoms with Crippen LogP contribution in [-0.2, 0) is 5.41 Å².